The van der Waals surface area contributed by atoms with Gasteiger partial charge in [0, 0.05) is 5.41 Å². The van der Waals surface area contributed by atoms with Crippen LogP contribution < -0.4 is 0 Å². The molecule has 1 N–H and O–H groups in total. The molecule has 3 nitrogen and oxygen atoms in total. The van der Waals surface area contributed by atoms with Gasteiger partial charge < -0.3 is 9.84 Å². The van der Waals surface area contributed by atoms with Crippen LogP contribution in [0.5, 0.6) is 0 Å². The summed E-state index contributed by atoms with van der Waals surface area (Å²) in [6.45, 7) is 3.70. The summed E-state index contributed by atoms with van der Waals surface area (Å²) in [5.74, 6) is -0.584. The maximum Gasteiger partial charge on any atom is 0.331 e. The van der Waals surface area contributed by atoms with Crippen molar-refractivity contribution in [2.24, 2.45) is 0 Å². The fraction of sp³-hybridized carbons (Fsp3) is 0.417. The Kier molecular flexibility index (Phi) is 3.86. The molecule has 0 unspecified atom stereocenters. The molecule has 1 aromatic rings. The maximum absolute atomic E-state index is 10.8. The van der Waals surface area contributed by atoms with Crippen LogP contribution in [0, 0.1) is 0 Å². The Morgan fingerprint density at radius 3 is 2.47 bits per heavy atom. The van der Waals surface area contributed by atoms with E-state index in [0.29, 0.717) is 0 Å². The van der Waals surface area contributed by atoms with Gasteiger partial charge >= 0.3 is 5.97 Å². The highest BCUT2D eigenvalue weighted by Gasteiger charge is 2.22. The van der Waals surface area contributed by atoms with Crippen molar-refractivity contribution in [2.45, 2.75) is 19.3 Å². The minimum absolute atomic E-state index is 0.230. The number of hydrogen-bond acceptors (Lipinski definition) is 3. The van der Waals surface area contributed by atoms with Gasteiger partial charge in [0.1, 0.15) is 13.2 Å². The summed E-state index contributed by atoms with van der Waals surface area (Å²) >= 11 is 0. The van der Waals surface area contributed by atoms with Gasteiger partial charge in [-0.2, -0.15) is 0 Å². The molecule has 0 aliphatic rings. The lowest BCUT2D eigenvalue weighted by Crippen LogP contribution is -2.27. The average molecular weight is 208 g/mol. The number of aliphatic hydroxyl groups is 1. The Hall–Kier alpha value is -1.35. The zero-order chi connectivity index (χ0) is 11.3. The Morgan fingerprint density at radius 2 is 1.93 bits per heavy atom. The Morgan fingerprint density at radius 1 is 1.33 bits per heavy atom. The number of carbonyl (C=O) groups is 1. The summed E-state index contributed by atoms with van der Waals surface area (Å²) < 4.78 is 4.92. The van der Waals surface area contributed by atoms with Gasteiger partial charge in [0.25, 0.3) is 0 Å². The van der Waals surface area contributed by atoms with Gasteiger partial charge in [-0.25, -0.2) is 4.79 Å². The lowest BCUT2D eigenvalue weighted by Gasteiger charge is -2.24. The summed E-state index contributed by atoms with van der Waals surface area (Å²) in [4.78, 5) is 10.8. The summed E-state index contributed by atoms with van der Waals surface area (Å²) in [7, 11) is 0. The van der Waals surface area contributed by atoms with Crippen LogP contribution in [0.1, 0.15) is 19.4 Å². The molecule has 82 valence electrons. The molecule has 0 aromatic heterocycles. The molecular formula is C12H16O3. The van der Waals surface area contributed by atoms with E-state index in [1.165, 1.54) is 0 Å². The Bertz CT molecular complexity index is 317. The second-order valence-corrected chi connectivity index (χ2v) is 4.07. The van der Waals surface area contributed by atoms with Crippen LogP contribution in [-0.4, -0.2) is 24.3 Å². The second kappa shape index (κ2) is 4.94. The van der Waals surface area contributed by atoms with Crippen LogP contribution in [-0.2, 0) is 14.9 Å². The smallest absolute Gasteiger partial charge is 0.331 e. The number of ether oxygens (including phenoxy) is 1. The summed E-state index contributed by atoms with van der Waals surface area (Å²) in [5, 5.41) is 8.53. The highest BCUT2D eigenvalue weighted by molar-refractivity contribution is 5.70. The van der Waals surface area contributed by atoms with E-state index in [4.69, 9.17) is 9.84 Å². The van der Waals surface area contributed by atoms with Crippen molar-refractivity contribution in [2.75, 3.05) is 13.2 Å². The molecule has 0 saturated heterocycles. The van der Waals surface area contributed by atoms with Crippen LogP contribution >= 0.6 is 0 Å². The van der Waals surface area contributed by atoms with E-state index >= 15 is 0 Å². The van der Waals surface area contributed by atoms with E-state index in [9.17, 15) is 4.79 Å². The fourth-order valence-electron chi connectivity index (χ4n) is 1.28. The standard InChI is InChI=1S/C12H16O3/c1-12(2,9-15-11(14)8-13)10-6-4-3-5-7-10/h3-7,13H,8-9H2,1-2H3. The molecule has 0 heterocycles. The molecule has 0 spiro atoms. The normalized spacial score (nSPS) is 11.1. The van der Waals surface area contributed by atoms with Gasteiger partial charge in [-0.05, 0) is 5.56 Å². The maximum atomic E-state index is 10.8. The van der Waals surface area contributed by atoms with E-state index in [0.717, 1.165) is 5.56 Å². The predicted octanol–water partition coefficient (Wildman–Crippen LogP) is 1.50. The first-order chi connectivity index (χ1) is 7.06. The van der Waals surface area contributed by atoms with Gasteiger partial charge in [0.05, 0.1) is 0 Å². The quantitative estimate of drug-likeness (QED) is 0.763. The van der Waals surface area contributed by atoms with Gasteiger partial charge in [-0.15, -0.1) is 0 Å². The Labute approximate surface area is 89.7 Å². The van der Waals surface area contributed by atoms with E-state index in [1.54, 1.807) is 0 Å². The topological polar surface area (TPSA) is 46.5 Å². The molecule has 0 fully saturated rings. The third kappa shape index (κ3) is 3.36. The molecule has 0 bridgehead atoms. The number of esters is 1. The van der Waals surface area contributed by atoms with Crippen LogP contribution in [0.25, 0.3) is 0 Å². The number of carbonyl (C=O) groups excluding carboxylic acids is 1. The molecule has 1 rings (SSSR count). The van der Waals surface area contributed by atoms with Crippen molar-refractivity contribution < 1.29 is 14.6 Å². The van der Waals surface area contributed by atoms with Crippen molar-refractivity contribution in [3.63, 3.8) is 0 Å². The largest absolute Gasteiger partial charge is 0.463 e. The zero-order valence-electron chi connectivity index (χ0n) is 9.06. The lowest BCUT2D eigenvalue weighted by molar-refractivity contribution is -0.148. The minimum atomic E-state index is -0.584. The van der Waals surface area contributed by atoms with Crippen LogP contribution in [0.15, 0.2) is 30.3 Å². The van der Waals surface area contributed by atoms with E-state index in [-0.39, 0.29) is 12.0 Å². The van der Waals surface area contributed by atoms with Gasteiger partial charge in [0.15, 0.2) is 0 Å². The number of aliphatic hydroxyl groups excluding tert-OH is 1. The second-order valence-electron chi connectivity index (χ2n) is 4.07. The third-order valence-electron chi connectivity index (χ3n) is 2.28. The highest BCUT2D eigenvalue weighted by atomic mass is 16.5. The number of benzene rings is 1. The van der Waals surface area contributed by atoms with E-state index in [2.05, 4.69) is 0 Å². The molecule has 3 heteroatoms. The van der Waals surface area contributed by atoms with E-state index < -0.39 is 12.6 Å². The van der Waals surface area contributed by atoms with Gasteiger partial charge in [-0.3, -0.25) is 0 Å². The first-order valence-electron chi connectivity index (χ1n) is 4.88. The van der Waals surface area contributed by atoms with Crippen molar-refractivity contribution in [3.8, 4) is 0 Å². The van der Waals surface area contributed by atoms with Crippen LogP contribution in [0.4, 0.5) is 0 Å². The molecule has 0 aliphatic carbocycles. The van der Waals surface area contributed by atoms with Crippen molar-refractivity contribution >= 4 is 5.97 Å². The lowest BCUT2D eigenvalue weighted by atomic mass is 9.86. The van der Waals surface area contributed by atoms with E-state index in [1.807, 2.05) is 44.2 Å². The average Bonchev–Trinajstić information content (AvgIpc) is 2.27. The van der Waals surface area contributed by atoms with Crippen molar-refractivity contribution in [1.82, 2.24) is 0 Å². The number of rotatable bonds is 4. The van der Waals surface area contributed by atoms with Crippen molar-refractivity contribution in [3.05, 3.63) is 35.9 Å². The number of hydrogen-bond donors (Lipinski definition) is 1. The molecule has 15 heavy (non-hydrogen) atoms. The highest BCUT2D eigenvalue weighted by Crippen LogP contribution is 2.22. The molecule has 0 saturated carbocycles. The zero-order valence-corrected chi connectivity index (χ0v) is 9.06. The summed E-state index contributed by atoms with van der Waals surface area (Å²) in [6, 6.07) is 9.83. The molecular weight excluding hydrogens is 192 g/mol. The molecule has 0 radical (unpaired) electrons. The van der Waals surface area contributed by atoms with Crippen LogP contribution in [0.2, 0.25) is 0 Å². The van der Waals surface area contributed by atoms with Gasteiger partial charge in [0.2, 0.25) is 0 Å². The monoisotopic (exact) mass is 208 g/mol. The van der Waals surface area contributed by atoms with Gasteiger partial charge in [-0.1, -0.05) is 44.2 Å². The summed E-state index contributed by atoms with van der Waals surface area (Å²) in [5.41, 5.74) is 0.877. The van der Waals surface area contributed by atoms with Crippen LogP contribution in [0.3, 0.4) is 0 Å². The Balaban J connectivity index is 2.63. The molecule has 0 atom stereocenters. The summed E-state index contributed by atoms with van der Waals surface area (Å²) in [6.07, 6.45) is 0. The minimum Gasteiger partial charge on any atom is -0.463 e. The molecule has 0 aliphatic heterocycles. The SMILES string of the molecule is CC(C)(COC(=O)CO)c1ccccc1. The molecule has 0 amide bonds. The predicted molar refractivity (Wildman–Crippen MR) is 57.5 cm³/mol. The van der Waals surface area contributed by atoms with Crippen molar-refractivity contribution in [1.29, 1.82) is 0 Å². The first kappa shape index (κ1) is 11.7. The first-order valence-corrected chi connectivity index (χ1v) is 4.88. The molecule has 1 aromatic carbocycles. The fourth-order valence-corrected chi connectivity index (χ4v) is 1.28. The third-order valence-corrected chi connectivity index (χ3v) is 2.28.